The van der Waals surface area contributed by atoms with Crippen LogP contribution in [0.3, 0.4) is 0 Å². The Balaban J connectivity index is 1.97. The summed E-state index contributed by atoms with van der Waals surface area (Å²) in [5.74, 6) is -0.0320. The van der Waals surface area contributed by atoms with Crippen molar-refractivity contribution in [3.63, 3.8) is 0 Å². The molecular weight excluding hydrogens is 336 g/mol. The third-order valence-corrected chi connectivity index (χ3v) is 6.21. The van der Waals surface area contributed by atoms with E-state index in [1.807, 2.05) is 19.1 Å². The van der Waals surface area contributed by atoms with Gasteiger partial charge in [-0.15, -0.1) is 0 Å². The van der Waals surface area contributed by atoms with Gasteiger partial charge in [-0.1, -0.05) is 18.2 Å². The van der Waals surface area contributed by atoms with E-state index in [0.717, 1.165) is 35.2 Å². The van der Waals surface area contributed by atoms with Crippen LogP contribution in [0.15, 0.2) is 41.3 Å². The van der Waals surface area contributed by atoms with Crippen LogP contribution in [0.2, 0.25) is 0 Å². The summed E-state index contributed by atoms with van der Waals surface area (Å²) in [7, 11) is -3.68. The molecule has 132 valence electrons. The van der Waals surface area contributed by atoms with Crippen LogP contribution in [0, 0.1) is 13.8 Å². The predicted molar refractivity (Wildman–Crippen MR) is 99.5 cm³/mol. The minimum atomic E-state index is -3.68. The summed E-state index contributed by atoms with van der Waals surface area (Å²) in [4.78, 5) is 13.8. The van der Waals surface area contributed by atoms with E-state index in [1.54, 1.807) is 36.1 Å². The van der Waals surface area contributed by atoms with Crippen molar-refractivity contribution in [2.75, 3.05) is 16.2 Å². The molecule has 2 aromatic rings. The predicted octanol–water partition coefficient (Wildman–Crippen LogP) is 3.40. The number of nitrogens with zero attached hydrogens (tertiary/aromatic N) is 1. The van der Waals surface area contributed by atoms with Crippen LogP contribution in [0.1, 0.15) is 30.0 Å². The van der Waals surface area contributed by atoms with Gasteiger partial charge in [0.2, 0.25) is 5.91 Å². The molecule has 0 aromatic heterocycles. The van der Waals surface area contributed by atoms with Crippen molar-refractivity contribution >= 4 is 27.3 Å². The summed E-state index contributed by atoms with van der Waals surface area (Å²) in [6.07, 6.45) is 1.81. The molecule has 1 N–H and O–H groups in total. The number of nitrogens with one attached hydrogen (secondary N) is 1. The van der Waals surface area contributed by atoms with Gasteiger partial charge in [-0.2, -0.15) is 0 Å². The molecule has 0 unspecified atom stereocenters. The zero-order chi connectivity index (χ0) is 18.2. The molecule has 0 spiro atoms. The number of sulfonamides is 1. The van der Waals surface area contributed by atoms with E-state index in [4.69, 9.17) is 0 Å². The van der Waals surface area contributed by atoms with E-state index in [1.165, 1.54) is 6.92 Å². The van der Waals surface area contributed by atoms with E-state index in [-0.39, 0.29) is 10.8 Å². The molecule has 6 heteroatoms. The number of carbonyl (C=O) groups excluding carboxylic acids is 1. The lowest BCUT2D eigenvalue weighted by molar-refractivity contribution is -0.116. The zero-order valence-electron chi connectivity index (χ0n) is 14.7. The maximum absolute atomic E-state index is 12.8. The Bertz CT molecular complexity index is 936. The molecule has 0 fully saturated rings. The van der Waals surface area contributed by atoms with Gasteiger partial charge in [0, 0.05) is 19.2 Å². The molecule has 3 rings (SSSR count). The first kappa shape index (κ1) is 17.5. The minimum Gasteiger partial charge on any atom is -0.312 e. The third kappa shape index (κ3) is 3.39. The van der Waals surface area contributed by atoms with Gasteiger partial charge in [-0.3, -0.25) is 9.52 Å². The topological polar surface area (TPSA) is 66.5 Å². The van der Waals surface area contributed by atoms with E-state index in [2.05, 4.69) is 4.72 Å². The Morgan fingerprint density at radius 1 is 1.16 bits per heavy atom. The molecule has 0 saturated carbocycles. The number of rotatable bonds is 3. The Hall–Kier alpha value is -2.34. The van der Waals surface area contributed by atoms with Crippen LogP contribution in [-0.2, 0) is 21.2 Å². The molecular formula is C19H22N2O3S. The molecule has 0 radical (unpaired) electrons. The SMILES string of the molecule is CC(=O)N1CCCc2ccc(NS(=O)(=O)c3cccc(C)c3C)cc21. The van der Waals surface area contributed by atoms with Gasteiger partial charge in [0.25, 0.3) is 10.0 Å². The van der Waals surface area contributed by atoms with Crippen molar-refractivity contribution in [3.8, 4) is 0 Å². The summed E-state index contributed by atoms with van der Waals surface area (Å²) in [6, 6.07) is 10.6. The lowest BCUT2D eigenvalue weighted by Gasteiger charge is -2.29. The van der Waals surface area contributed by atoms with Crippen LogP contribution < -0.4 is 9.62 Å². The number of hydrogen-bond donors (Lipinski definition) is 1. The number of fused-ring (bicyclic) bond motifs is 1. The smallest absolute Gasteiger partial charge is 0.262 e. The molecule has 2 aromatic carbocycles. The normalized spacial score (nSPS) is 14.1. The van der Waals surface area contributed by atoms with Crippen molar-refractivity contribution in [2.24, 2.45) is 0 Å². The Morgan fingerprint density at radius 3 is 2.64 bits per heavy atom. The van der Waals surface area contributed by atoms with Crippen molar-refractivity contribution in [3.05, 3.63) is 53.1 Å². The molecule has 1 aliphatic heterocycles. The summed E-state index contributed by atoms with van der Waals surface area (Å²) in [6.45, 7) is 5.88. The number of anilines is 2. The molecule has 1 heterocycles. The summed E-state index contributed by atoms with van der Waals surface area (Å²) in [5.41, 5.74) is 3.98. The number of hydrogen-bond acceptors (Lipinski definition) is 3. The van der Waals surface area contributed by atoms with Crippen LogP contribution in [0.25, 0.3) is 0 Å². The molecule has 0 atom stereocenters. The van der Waals surface area contributed by atoms with Gasteiger partial charge >= 0.3 is 0 Å². The summed E-state index contributed by atoms with van der Waals surface area (Å²) < 4.78 is 28.2. The molecule has 25 heavy (non-hydrogen) atoms. The molecule has 1 amide bonds. The van der Waals surface area contributed by atoms with Gasteiger partial charge in [0.05, 0.1) is 10.6 Å². The fraction of sp³-hybridized carbons (Fsp3) is 0.316. The molecule has 5 nitrogen and oxygen atoms in total. The largest absolute Gasteiger partial charge is 0.312 e. The van der Waals surface area contributed by atoms with E-state index < -0.39 is 10.0 Å². The van der Waals surface area contributed by atoms with Crippen LogP contribution >= 0.6 is 0 Å². The van der Waals surface area contributed by atoms with Gasteiger partial charge in [0.1, 0.15) is 0 Å². The first-order valence-electron chi connectivity index (χ1n) is 8.29. The van der Waals surface area contributed by atoms with Crippen LogP contribution in [-0.4, -0.2) is 20.9 Å². The highest BCUT2D eigenvalue weighted by atomic mass is 32.2. The lowest BCUT2D eigenvalue weighted by Crippen LogP contribution is -2.33. The van der Waals surface area contributed by atoms with Gasteiger partial charge in [-0.25, -0.2) is 8.42 Å². The van der Waals surface area contributed by atoms with Gasteiger partial charge < -0.3 is 4.90 Å². The van der Waals surface area contributed by atoms with Crippen molar-refractivity contribution in [2.45, 2.75) is 38.5 Å². The Morgan fingerprint density at radius 2 is 1.92 bits per heavy atom. The standard InChI is InChI=1S/C19H22N2O3S/c1-13-6-4-8-19(14(13)2)25(23,24)20-17-10-9-16-7-5-11-21(15(3)22)18(16)12-17/h4,6,8-10,12,20H,5,7,11H2,1-3H3. The van der Waals surface area contributed by atoms with E-state index in [9.17, 15) is 13.2 Å². The Labute approximate surface area is 148 Å². The molecule has 1 aliphatic rings. The molecule has 0 bridgehead atoms. The number of aryl methyl sites for hydroxylation is 2. The number of amides is 1. The van der Waals surface area contributed by atoms with Crippen LogP contribution in [0.4, 0.5) is 11.4 Å². The highest BCUT2D eigenvalue weighted by Gasteiger charge is 2.22. The maximum atomic E-state index is 12.8. The number of benzene rings is 2. The van der Waals surface area contributed by atoms with E-state index in [0.29, 0.717) is 12.2 Å². The minimum absolute atomic E-state index is 0.0320. The summed E-state index contributed by atoms with van der Waals surface area (Å²) >= 11 is 0. The molecule has 0 saturated heterocycles. The second-order valence-electron chi connectivity index (χ2n) is 6.42. The van der Waals surface area contributed by atoms with Crippen molar-refractivity contribution in [1.29, 1.82) is 0 Å². The van der Waals surface area contributed by atoms with Crippen molar-refractivity contribution < 1.29 is 13.2 Å². The van der Waals surface area contributed by atoms with Gasteiger partial charge in [-0.05, 0) is 61.6 Å². The zero-order valence-corrected chi connectivity index (χ0v) is 15.5. The average Bonchev–Trinajstić information content (AvgIpc) is 2.56. The Kier molecular flexibility index (Phi) is 4.56. The second kappa shape index (κ2) is 6.52. The number of carbonyl (C=O) groups is 1. The highest BCUT2D eigenvalue weighted by Crippen LogP contribution is 2.31. The maximum Gasteiger partial charge on any atom is 0.262 e. The first-order chi connectivity index (χ1) is 11.8. The quantitative estimate of drug-likeness (QED) is 0.914. The second-order valence-corrected chi connectivity index (χ2v) is 8.07. The van der Waals surface area contributed by atoms with Crippen LogP contribution in [0.5, 0.6) is 0 Å². The van der Waals surface area contributed by atoms with E-state index >= 15 is 0 Å². The fourth-order valence-electron chi connectivity index (χ4n) is 3.19. The molecule has 0 aliphatic carbocycles. The average molecular weight is 358 g/mol. The first-order valence-corrected chi connectivity index (χ1v) is 9.78. The third-order valence-electron chi connectivity index (χ3n) is 4.68. The summed E-state index contributed by atoms with van der Waals surface area (Å²) in [5, 5.41) is 0. The van der Waals surface area contributed by atoms with Crippen molar-refractivity contribution in [1.82, 2.24) is 0 Å². The van der Waals surface area contributed by atoms with Gasteiger partial charge in [0.15, 0.2) is 0 Å². The highest BCUT2D eigenvalue weighted by molar-refractivity contribution is 7.92. The fourth-order valence-corrected chi connectivity index (χ4v) is 4.56. The lowest BCUT2D eigenvalue weighted by atomic mass is 10.0. The monoisotopic (exact) mass is 358 g/mol.